The van der Waals surface area contributed by atoms with Gasteiger partial charge in [0, 0.05) is 44.1 Å². The number of ketones is 4. The Morgan fingerprint density at radius 3 is 2.20 bits per heavy atom. The second-order valence-corrected chi connectivity index (χ2v) is 20.5. The lowest BCUT2D eigenvalue weighted by atomic mass is 9.66. The van der Waals surface area contributed by atoms with E-state index < -0.39 is 55.4 Å². The van der Waals surface area contributed by atoms with Crippen LogP contribution in [0.4, 0.5) is 0 Å². The van der Waals surface area contributed by atoms with E-state index in [1.54, 1.807) is 11.0 Å². The van der Waals surface area contributed by atoms with Gasteiger partial charge in [-0.3, -0.25) is 24.0 Å². The van der Waals surface area contributed by atoms with E-state index in [4.69, 9.17) is 0 Å². The minimum absolute atomic E-state index is 0.0181. The molecular formula is C40H61NO7S. The van der Waals surface area contributed by atoms with Gasteiger partial charge in [0.1, 0.15) is 5.78 Å². The number of nitrogens with zero attached hydrogens (tertiary/aromatic N) is 1. The van der Waals surface area contributed by atoms with Gasteiger partial charge in [-0.2, -0.15) is 0 Å². The van der Waals surface area contributed by atoms with Crippen molar-refractivity contribution in [3.05, 3.63) is 12.7 Å². The van der Waals surface area contributed by atoms with Crippen LogP contribution in [0.1, 0.15) is 137 Å². The molecule has 3 aliphatic carbocycles. The van der Waals surface area contributed by atoms with E-state index in [-0.39, 0.29) is 66.2 Å². The quantitative estimate of drug-likeness (QED) is 0.127. The molecule has 8 nitrogen and oxygen atoms in total. The molecule has 5 aliphatic rings. The summed E-state index contributed by atoms with van der Waals surface area (Å²) in [6.07, 6.45) is 11.3. The standard InChI is InChI=1S/C40H61NO7S/c1-7-8-14-31(43)36(45)27(21-26-16-17-26)22-32(44)35-34-30(39(34,5)6)25-41(35)37(46)29(38(2,3)4)23-28(42)24-40(18-11-9-12-19-40)33-15-10-13-20-49(33,47)48/h7,26-27,29-30,33-35H,1,8-25H2,2-6H3/t27-,29-,30+,33-,34+,35-/m1/s1. The number of fused-ring (bicyclic) bond motifs is 1. The number of rotatable bonds is 16. The lowest BCUT2D eigenvalue weighted by Crippen LogP contribution is -2.51. The molecule has 274 valence electrons. The summed E-state index contributed by atoms with van der Waals surface area (Å²) in [7, 11) is -3.29. The van der Waals surface area contributed by atoms with Crippen molar-refractivity contribution in [1.82, 2.24) is 4.90 Å². The highest BCUT2D eigenvalue weighted by molar-refractivity contribution is 7.92. The Labute approximate surface area is 294 Å². The van der Waals surface area contributed by atoms with Gasteiger partial charge in [-0.05, 0) is 72.5 Å². The Bertz CT molecular complexity index is 1430. The summed E-state index contributed by atoms with van der Waals surface area (Å²) >= 11 is 0. The van der Waals surface area contributed by atoms with Crippen molar-refractivity contribution in [2.24, 2.45) is 45.8 Å². The number of likely N-dealkylation sites (tertiary alicyclic amines) is 1. The van der Waals surface area contributed by atoms with E-state index in [0.29, 0.717) is 38.1 Å². The molecule has 0 bridgehead atoms. The third kappa shape index (κ3) is 8.17. The fourth-order valence-electron chi connectivity index (χ4n) is 10.0. The van der Waals surface area contributed by atoms with E-state index in [9.17, 15) is 32.4 Å². The first kappa shape index (κ1) is 38.1. The lowest BCUT2D eigenvalue weighted by Gasteiger charge is -2.45. The number of amides is 1. The Kier molecular flexibility index (Phi) is 11.2. The first-order valence-corrected chi connectivity index (χ1v) is 20.9. The van der Waals surface area contributed by atoms with Gasteiger partial charge in [0.05, 0.1) is 17.0 Å². The predicted molar refractivity (Wildman–Crippen MR) is 190 cm³/mol. The summed E-state index contributed by atoms with van der Waals surface area (Å²) in [5.41, 5.74) is -1.25. The molecule has 0 unspecified atom stereocenters. The topological polar surface area (TPSA) is 123 Å². The molecule has 49 heavy (non-hydrogen) atoms. The molecule has 5 fully saturated rings. The second-order valence-electron chi connectivity index (χ2n) is 18.2. The van der Waals surface area contributed by atoms with E-state index in [0.717, 1.165) is 51.4 Å². The largest absolute Gasteiger partial charge is 0.332 e. The molecule has 0 aromatic rings. The first-order valence-electron chi connectivity index (χ1n) is 19.2. The molecule has 0 N–H and O–H groups in total. The van der Waals surface area contributed by atoms with Gasteiger partial charge in [0.15, 0.2) is 21.4 Å². The maximum atomic E-state index is 14.6. The van der Waals surface area contributed by atoms with Gasteiger partial charge in [0.2, 0.25) is 11.7 Å². The molecule has 5 rings (SSSR count). The van der Waals surface area contributed by atoms with Gasteiger partial charge < -0.3 is 4.90 Å². The third-order valence-electron chi connectivity index (χ3n) is 13.2. The molecule has 2 aliphatic heterocycles. The molecule has 1 amide bonds. The second kappa shape index (κ2) is 14.5. The van der Waals surface area contributed by atoms with Crippen LogP contribution in [0, 0.1) is 45.8 Å². The van der Waals surface area contributed by atoms with Crippen molar-refractivity contribution in [2.75, 3.05) is 12.3 Å². The molecule has 0 aromatic carbocycles. The molecule has 0 spiro atoms. The smallest absolute Gasteiger partial charge is 0.227 e. The van der Waals surface area contributed by atoms with Crippen molar-refractivity contribution >= 4 is 38.9 Å². The summed E-state index contributed by atoms with van der Waals surface area (Å²) in [5, 5.41) is -0.494. The van der Waals surface area contributed by atoms with Crippen LogP contribution >= 0.6 is 0 Å². The highest BCUT2D eigenvalue weighted by atomic mass is 32.2. The minimum atomic E-state index is -3.29. The molecule has 0 aromatic heterocycles. The zero-order chi connectivity index (χ0) is 35.9. The normalized spacial score (nSPS) is 29.7. The average molecular weight is 700 g/mol. The summed E-state index contributed by atoms with van der Waals surface area (Å²) in [4.78, 5) is 70.8. The van der Waals surface area contributed by atoms with Gasteiger partial charge in [-0.1, -0.05) is 79.2 Å². The number of piperidine rings is 1. The molecule has 2 saturated heterocycles. The lowest BCUT2D eigenvalue weighted by molar-refractivity contribution is -0.148. The number of carbonyl (C=O) groups is 5. The summed E-state index contributed by atoms with van der Waals surface area (Å²) in [6.45, 7) is 14.2. The predicted octanol–water partition coefficient (Wildman–Crippen LogP) is 6.88. The Balaban J connectivity index is 1.35. The van der Waals surface area contributed by atoms with E-state index in [2.05, 4.69) is 20.4 Å². The minimum Gasteiger partial charge on any atom is -0.332 e. The van der Waals surface area contributed by atoms with Gasteiger partial charge in [-0.15, -0.1) is 6.58 Å². The van der Waals surface area contributed by atoms with Gasteiger partial charge >= 0.3 is 0 Å². The fourth-order valence-corrected chi connectivity index (χ4v) is 12.5. The molecule has 6 atom stereocenters. The van der Waals surface area contributed by atoms with Crippen LogP contribution in [0.25, 0.3) is 0 Å². The maximum Gasteiger partial charge on any atom is 0.227 e. The molecule has 3 saturated carbocycles. The summed E-state index contributed by atoms with van der Waals surface area (Å²) in [5.74, 6) is -1.97. The van der Waals surface area contributed by atoms with Crippen LogP contribution in [0.2, 0.25) is 0 Å². The van der Waals surface area contributed by atoms with Crippen LogP contribution in [0.5, 0.6) is 0 Å². The molecule has 2 heterocycles. The van der Waals surface area contributed by atoms with Crippen molar-refractivity contribution in [3.63, 3.8) is 0 Å². The van der Waals surface area contributed by atoms with E-state index >= 15 is 0 Å². The molecule has 9 heteroatoms. The summed E-state index contributed by atoms with van der Waals surface area (Å²) < 4.78 is 26.7. The fraction of sp³-hybridized carbons (Fsp3) is 0.825. The van der Waals surface area contributed by atoms with Crippen LogP contribution in [0.15, 0.2) is 12.7 Å². The highest BCUT2D eigenvalue weighted by Gasteiger charge is 2.69. The Hall–Kier alpha value is -2.16. The van der Waals surface area contributed by atoms with Crippen molar-refractivity contribution in [3.8, 4) is 0 Å². The molecule has 0 radical (unpaired) electrons. The van der Waals surface area contributed by atoms with Crippen LogP contribution < -0.4 is 0 Å². The summed E-state index contributed by atoms with van der Waals surface area (Å²) in [6, 6.07) is -0.678. The van der Waals surface area contributed by atoms with E-state index in [1.165, 1.54) is 0 Å². The zero-order valence-electron chi connectivity index (χ0n) is 30.8. The van der Waals surface area contributed by atoms with Crippen LogP contribution in [-0.4, -0.2) is 65.9 Å². The maximum absolute atomic E-state index is 14.6. The third-order valence-corrected chi connectivity index (χ3v) is 15.7. The van der Waals surface area contributed by atoms with Crippen molar-refractivity contribution < 1.29 is 32.4 Å². The average Bonchev–Trinajstić information content (AvgIpc) is 3.88. The van der Waals surface area contributed by atoms with Crippen molar-refractivity contribution in [2.45, 2.75) is 149 Å². The number of Topliss-reactive ketones (excluding diaryl/α,β-unsaturated/α-hetero) is 4. The van der Waals surface area contributed by atoms with Crippen LogP contribution in [0.3, 0.4) is 0 Å². The Morgan fingerprint density at radius 1 is 0.939 bits per heavy atom. The van der Waals surface area contributed by atoms with Crippen molar-refractivity contribution in [1.29, 1.82) is 0 Å². The first-order chi connectivity index (χ1) is 22.9. The number of carbonyl (C=O) groups excluding carboxylic acids is 5. The zero-order valence-corrected chi connectivity index (χ0v) is 31.6. The highest BCUT2D eigenvalue weighted by Crippen LogP contribution is 2.65. The number of hydrogen-bond donors (Lipinski definition) is 0. The number of sulfone groups is 1. The van der Waals surface area contributed by atoms with Crippen LogP contribution in [-0.2, 0) is 33.8 Å². The van der Waals surface area contributed by atoms with E-state index in [1.807, 2.05) is 20.8 Å². The van der Waals surface area contributed by atoms with Gasteiger partial charge in [0.25, 0.3) is 0 Å². The number of allylic oxidation sites excluding steroid dienone is 1. The van der Waals surface area contributed by atoms with Gasteiger partial charge in [-0.25, -0.2) is 8.42 Å². The molecular weight excluding hydrogens is 639 g/mol. The number of hydrogen-bond acceptors (Lipinski definition) is 7. The Morgan fingerprint density at radius 2 is 1.61 bits per heavy atom. The SMILES string of the molecule is C=CCCC(=O)C(=O)[C@@H](CC(=O)[C@@H]1[C@@H]2[C@H](CN1C(=O)[C@@H](CC(=O)CC1([C@H]3CCCCS3(=O)=O)CCCCC1)C(C)(C)C)C2(C)C)CC1CC1. The monoisotopic (exact) mass is 699 g/mol.